The molecule has 1 spiro atoms. The van der Waals surface area contributed by atoms with Crippen molar-refractivity contribution in [2.24, 2.45) is 5.41 Å². The molecule has 5 nitrogen and oxygen atoms in total. The fraction of sp³-hybridized carbons (Fsp3) is 0.600. The van der Waals surface area contributed by atoms with Gasteiger partial charge in [-0.1, -0.05) is 0 Å². The quantitative estimate of drug-likeness (QED) is 0.896. The van der Waals surface area contributed by atoms with Crippen molar-refractivity contribution in [3.63, 3.8) is 0 Å². The van der Waals surface area contributed by atoms with Gasteiger partial charge < -0.3 is 15.0 Å². The molecule has 20 heavy (non-hydrogen) atoms. The van der Waals surface area contributed by atoms with Crippen LogP contribution in [-0.4, -0.2) is 48.6 Å². The molecule has 0 saturated carbocycles. The van der Waals surface area contributed by atoms with E-state index in [1.807, 2.05) is 11.0 Å². The van der Waals surface area contributed by atoms with Gasteiger partial charge in [-0.25, -0.2) is 0 Å². The summed E-state index contributed by atoms with van der Waals surface area (Å²) in [5.74, 6) is 0.731. The van der Waals surface area contributed by atoms with Crippen LogP contribution in [0.4, 0.5) is 0 Å². The van der Waals surface area contributed by atoms with E-state index in [2.05, 4.69) is 10.3 Å². The van der Waals surface area contributed by atoms with Crippen molar-refractivity contribution in [3.8, 4) is 5.75 Å². The van der Waals surface area contributed by atoms with Gasteiger partial charge in [0.1, 0.15) is 5.75 Å². The van der Waals surface area contributed by atoms with E-state index in [1.165, 1.54) is 12.8 Å². The van der Waals surface area contributed by atoms with Gasteiger partial charge in [-0.3, -0.25) is 9.78 Å². The van der Waals surface area contributed by atoms with E-state index in [0.29, 0.717) is 11.2 Å². The number of nitrogens with one attached hydrogen (secondary N) is 1. The second kappa shape index (κ2) is 5.79. The molecule has 2 saturated heterocycles. The van der Waals surface area contributed by atoms with Gasteiger partial charge in [-0.2, -0.15) is 0 Å². The van der Waals surface area contributed by atoms with E-state index in [1.54, 1.807) is 18.5 Å². The number of ether oxygens (including phenoxy) is 1. The molecule has 0 aliphatic carbocycles. The third-order valence-electron chi connectivity index (χ3n) is 4.34. The van der Waals surface area contributed by atoms with Crippen LogP contribution < -0.4 is 10.1 Å². The highest BCUT2D eigenvalue weighted by atomic mass is 16.5. The van der Waals surface area contributed by atoms with Gasteiger partial charge in [-0.05, 0) is 37.9 Å². The molecule has 3 heterocycles. The first-order valence-electron chi connectivity index (χ1n) is 7.29. The van der Waals surface area contributed by atoms with Crippen molar-refractivity contribution < 1.29 is 9.53 Å². The molecule has 1 aromatic rings. The van der Waals surface area contributed by atoms with Gasteiger partial charge in [0.15, 0.2) is 6.61 Å². The summed E-state index contributed by atoms with van der Waals surface area (Å²) in [6.45, 7) is 3.95. The molecule has 1 atom stereocenters. The molecular formula is C15H21N3O2. The summed E-state index contributed by atoms with van der Waals surface area (Å²) in [6.07, 6.45) is 6.83. The number of nitrogens with zero attached hydrogens (tertiary/aromatic N) is 2. The number of pyridine rings is 1. The minimum atomic E-state index is 0.0832. The average molecular weight is 275 g/mol. The van der Waals surface area contributed by atoms with Crippen molar-refractivity contribution >= 4 is 5.91 Å². The smallest absolute Gasteiger partial charge is 0.260 e. The molecule has 108 valence electrons. The summed E-state index contributed by atoms with van der Waals surface area (Å²) in [5.41, 5.74) is 0.308. The Balaban J connectivity index is 1.54. The van der Waals surface area contributed by atoms with E-state index < -0.39 is 0 Å². The topological polar surface area (TPSA) is 54.5 Å². The normalized spacial score (nSPS) is 25.9. The number of aromatic nitrogens is 1. The van der Waals surface area contributed by atoms with Crippen LogP contribution in [0.5, 0.6) is 5.75 Å². The van der Waals surface area contributed by atoms with Crippen LogP contribution in [0.1, 0.15) is 19.3 Å². The summed E-state index contributed by atoms with van der Waals surface area (Å²) >= 11 is 0. The maximum Gasteiger partial charge on any atom is 0.260 e. The fourth-order valence-corrected chi connectivity index (χ4v) is 3.23. The van der Waals surface area contributed by atoms with Gasteiger partial charge in [0.2, 0.25) is 0 Å². The highest BCUT2D eigenvalue weighted by molar-refractivity contribution is 5.78. The Hall–Kier alpha value is -1.62. The van der Waals surface area contributed by atoms with Crippen LogP contribution in [0, 0.1) is 5.41 Å². The number of piperidine rings is 1. The summed E-state index contributed by atoms with van der Waals surface area (Å²) in [4.78, 5) is 18.2. The van der Waals surface area contributed by atoms with Crippen LogP contribution in [0.2, 0.25) is 0 Å². The Bertz CT molecular complexity index is 457. The molecule has 1 aromatic heterocycles. The van der Waals surface area contributed by atoms with Gasteiger partial charge >= 0.3 is 0 Å². The second-order valence-corrected chi connectivity index (χ2v) is 5.82. The molecule has 2 aliphatic heterocycles. The van der Waals surface area contributed by atoms with E-state index in [4.69, 9.17) is 4.74 Å². The Morgan fingerprint density at radius 3 is 3.20 bits per heavy atom. The van der Waals surface area contributed by atoms with Crippen molar-refractivity contribution in [1.82, 2.24) is 15.2 Å². The second-order valence-electron chi connectivity index (χ2n) is 5.82. The molecule has 2 fully saturated rings. The van der Waals surface area contributed by atoms with Crippen molar-refractivity contribution in [3.05, 3.63) is 24.5 Å². The number of carbonyl (C=O) groups excluding carboxylic acids is 1. The molecule has 0 aromatic carbocycles. The number of carbonyl (C=O) groups is 1. The third kappa shape index (κ3) is 2.93. The Labute approximate surface area is 119 Å². The molecule has 1 N–H and O–H groups in total. The Kier molecular flexibility index (Phi) is 3.87. The molecule has 0 bridgehead atoms. The first-order chi connectivity index (χ1) is 9.77. The molecular weight excluding hydrogens is 254 g/mol. The van der Waals surface area contributed by atoms with E-state index in [9.17, 15) is 4.79 Å². The minimum Gasteiger partial charge on any atom is -0.482 e. The van der Waals surface area contributed by atoms with Gasteiger partial charge in [0.25, 0.3) is 5.91 Å². The predicted octanol–water partition coefficient (Wildman–Crippen LogP) is 1.06. The van der Waals surface area contributed by atoms with Crippen LogP contribution in [0.3, 0.4) is 0 Å². The monoisotopic (exact) mass is 275 g/mol. The zero-order chi connectivity index (χ0) is 13.8. The predicted molar refractivity (Wildman–Crippen MR) is 75.5 cm³/mol. The van der Waals surface area contributed by atoms with E-state index >= 15 is 0 Å². The van der Waals surface area contributed by atoms with Crippen molar-refractivity contribution in [2.45, 2.75) is 19.3 Å². The van der Waals surface area contributed by atoms with Crippen LogP contribution in [0.15, 0.2) is 24.5 Å². The molecule has 3 rings (SSSR count). The number of rotatable bonds is 3. The first kappa shape index (κ1) is 13.4. The van der Waals surface area contributed by atoms with Gasteiger partial charge in [-0.15, -0.1) is 0 Å². The SMILES string of the molecule is O=C(COc1cccnc1)N1CCC[C@@]2(CCNC2)C1. The Morgan fingerprint density at radius 2 is 2.45 bits per heavy atom. The van der Waals surface area contributed by atoms with Crippen LogP contribution in [0.25, 0.3) is 0 Å². The highest BCUT2D eigenvalue weighted by Crippen LogP contribution is 2.35. The van der Waals surface area contributed by atoms with Gasteiger partial charge in [0.05, 0.1) is 6.20 Å². The van der Waals surface area contributed by atoms with Crippen LogP contribution >= 0.6 is 0 Å². The van der Waals surface area contributed by atoms with Crippen molar-refractivity contribution in [1.29, 1.82) is 0 Å². The lowest BCUT2D eigenvalue weighted by Gasteiger charge is -2.39. The summed E-state index contributed by atoms with van der Waals surface area (Å²) in [5, 5.41) is 3.42. The lowest BCUT2D eigenvalue weighted by Crippen LogP contribution is -2.48. The lowest BCUT2D eigenvalue weighted by atomic mass is 9.79. The Morgan fingerprint density at radius 1 is 1.50 bits per heavy atom. The molecule has 0 unspecified atom stereocenters. The zero-order valence-electron chi connectivity index (χ0n) is 11.7. The van der Waals surface area contributed by atoms with Gasteiger partial charge in [0, 0.05) is 31.2 Å². The first-order valence-corrected chi connectivity index (χ1v) is 7.29. The average Bonchev–Trinajstić information content (AvgIpc) is 2.93. The summed E-state index contributed by atoms with van der Waals surface area (Å²) in [7, 11) is 0. The van der Waals surface area contributed by atoms with E-state index in [-0.39, 0.29) is 12.5 Å². The molecule has 5 heteroatoms. The molecule has 0 radical (unpaired) electrons. The number of amides is 1. The number of likely N-dealkylation sites (tertiary alicyclic amines) is 1. The zero-order valence-corrected chi connectivity index (χ0v) is 11.7. The summed E-state index contributed by atoms with van der Waals surface area (Å²) < 4.78 is 5.50. The number of hydrogen-bond donors (Lipinski definition) is 1. The summed E-state index contributed by atoms with van der Waals surface area (Å²) in [6, 6.07) is 3.62. The maximum absolute atomic E-state index is 12.3. The highest BCUT2D eigenvalue weighted by Gasteiger charge is 2.39. The fourth-order valence-electron chi connectivity index (χ4n) is 3.23. The van der Waals surface area contributed by atoms with Crippen molar-refractivity contribution in [2.75, 3.05) is 32.8 Å². The third-order valence-corrected chi connectivity index (χ3v) is 4.34. The largest absolute Gasteiger partial charge is 0.482 e. The molecule has 2 aliphatic rings. The lowest BCUT2D eigenvalue weighted by molar-refractivity contribution is -0.136. The number of hydrogen-bond acceptors (Lipinski definition) is 4. The maximum atomic E-state index is 12.3. The molecule has 1 amide bonds. The standard InChI is InChI=1S/C15H21N3O2/c19-14(10-20-13-3-1-6-16-9-13)18-8-2-4-15(12-18)5-7-17-11-15/h1,3,6,9,17H,2,4-5,7-8,10-12H2/t15-/m0/s1. The minimum absolute atomic E-state index is 0.0832. The van der Waals surface area contributed by atoms with Crippen LogP contribution in [-0.2, 0) is 4.79 Å². The van der Waals surface area contributed by atoms with E-state index in [0.717, 1.165) is 32.6 Å².